The van der Waals surface area contributed by atoms with Crippen LogP contribution in [0.4, 0.5) is 24.9 Å². The van der Waals surface area contributed by atoms with Crippen LogP contribution in [0.3, 0.4) is 0 Å². The molecule has 1 saturated heterocycles. The first-order valence-corrected chi connectivity index (χ1v) is 9.39. The quantitative estimate of drug-likeness (QED) is 0.762. The topological polar surface area (TPSA) is 87.7 Å². The Morgan fingerprint density at radius 3 is 2.42 bits per heavy atom. The number of nitrogens with zero attached hydrogens (tertiary/aromatic N) is 4. The Morgan fingerprint density at radius 2 is 1.88 bits per heavy atom. The Labute approximate surface area is 150 Å². The number of aromatic nitrogens is 2. The zero-order chi connectivity index (χ0) is 19.7. The molecular weight excluding hydrogens is 375 g/mol. The lowest BCUT2D eigenvalue weighted by atomic mass is 10.1. The standard InChI is InChI=1S/C14H22F3N5O3S/c1-21(2)13-19-11(14(15,16)17)5-12(20-13)18-10-7-25-6-9(10)8-26(23,24)22(3)4/h5,9-10H,6-8H2,1-4H3,(H,18,19,20)/t9-,10-/m0/s1. The molecule has 0 unspecified atom stereocenters. The van der Waals surface area contributed by atoms with Crippen molar-refractivity contribution in [3.63, 3.8) is 0 Å². The maximum Gasteiger partial charge on any atom is 0.433 e. The summed E-state index contributed by atoms with van der Waals surface area (Å²) in [5, 5.41) is 2.87. The Balaban J connectivity index is 2.25. The van der Waals surface area contributed by atoms with Gasteiger partial charge in [-0.05, 0) is 0 Å². The van der Waals surface area contributed by atoms with Crippen molar-refractivity contribution in [1.82, 2.24) is 14.3 Å². The summed E-state index contributed by atoms with van der Waals surface area (Å²) in [5.41, 5.74) is -1.07. The van der Waals surface area contributed by atoms with E-state index in [0.29, 0.717) is 0 Å². The maximum atomic E-state index is 13.1. The first kappa shape index (κ1) is 20.6. The van der Waals surface area contributed by atoms with E-state index in [2.05, 4.69) is 15.3 Å². The van der Waals surface area contributed by atoms with Gasteiger partial charge in [0.2, 0.25) is 16.0 Å². The van der Waals surface area contributed by atoms with Gasteiger partial charge < -0.3 is 15.0 Å². The SMILES string of the molecule is CN(C)c1nc(N[C@H]2COC[C@H]2CS(=O)(=O)N(C)C)cc(C(F)(F)F)n1. The van der Waals surface area contributed by atoms with Crippen molar-refractivity contribution in [2.45, 2.75) is 12.2 Å². The van der Waals surface area contributed by atoms with E-state index in [1.54, 1.807) is 0 Å². The average Bonchev–Trinajstić information content (AvgIpc) is 2.92. The van der Waals surface area contributed by atoms with Crippen molar-refractivity contribution >= 4 is 21.8 Å². The van der Waals surface area contributed by atoms with Gasteiger partial charge in [0.15, 0.2) is 5.69 Å². The van der Waals surface area contributed by atoms with Crippen molar-refractivity contribution in [2.24, 2.45) is 5.92 Å². The molecule has 26 heavy (non-hydrogen) atoms. The third-order valence-corrected chi connectivity index (χ3v) is 5.88. The van der Waals surface area contributed by atoms with Gasteiger partial charge in [0, 0.05) is 40.2 Å². The third-order valence-electron chi connectivity index (χ3n) is 3.92. The predicted molar refractivity (Wildman–Crippen MR) is 90.6 cm³/mol. The van der Waals surface area contributed by atoms with E-state index in [1.165, 1.54) is 33.1 Å². The fourth-order valence-electron chi connectivity index (χ4n) is 2.39. The van der Waals surface area contributed by atoms with Crippen LogP contribution in [0.2, 0.25) is 0 Å². The summed E-state index contributed by atoms with van der Waals surface area (Å²) in [7, 11) is 2.45. The summed E-state index contributed by atoms with van der Waals surface area (Å²) >= 11 is 0. The van der Waals surface area contributed by atoms with Crippen molar-refractivity contribution in [3.05, 3.63) is 11.8 Å². The van der Waals surface area contributed by atoms with Crippen LogP contribution in [0, 0.1) is 5.92 Å². The molecule has 2 heterocycles. The van der Waals surface area contributed by atoms with Crippen LogP contribution in [0.1, 0.15) is 5.69 Å². The van der Waals surface area contributed by atoms with Crippen LogP contribution >= 0.6 is 0 Å². The zero-order valence-electron chi connectivity index (χ0n) is 14.9. The number of alkyl halides is 3. The van der Waals surface area contributed by atoms with Crippen LogP contribution in [-0.2, 0) is 20.9 Å². The number of ether oxygens (including phenoxy) is 1. The molecule has 0 aromatic carbocycles. The van der Waals surface area contributed by atoms with E-state index in [9.17, 15) is 21.6 Å². The van der Waals surface area contributed by atoms with E-state index in [-0.39, 0.29) is 30.7 Å². The van der Waals surface area contributed by atoms with Gasteiger partial charge in [-0.2, -0.15) is 18.2 Å². The minimum atomic E-state index is -4.62. The number of sulfonamides is 1. The summed E-state index contributed by atoms with van der Waals surface area (Å²) in [5.74, 6) is -0.706. The van der Waals surface area contributed by atoms with Gasteiger partial charge in [-0.1, -0.05) is 0 Å². The lowest BCUT2D eigenvalue weighted by Crippen LogP contribution is -2.37. The van der Waals surface area contributed by atoms with Gasteiger partial charge in [0.05, 0.1) is 25.0 Å². The molecule has 0 aliphatic carbocycles. The summed E-state index contributed by atoms with van der Waals surface area (Å²) in [6, 6.07) is 0.332. The molecule has 0 saturated carbocycles. The first-order chi connectivity index (χ1) is 11.9. The molecular formula is C14H22F3N5O3S. The normalized spacial score (nSPS) is 21.2. The Kier molecular flexibility index (Phi) is 5.98. The van der Waals surface area contributed by atoms with Crippen LogP contribution in [-0.4, -0.2) is 75.9 Å². The van der Waals surface area contributed by atoms with Gasteiger partial charge in [-0.3, -0.25) is 0 Å². The molecule has 0 spiro atoms. The minimum Gasteiger partial charge on any atom is -0.379 e. The average molecular weight is 397 g/mol. The molecule has 0 radical (unpaired) electrons. The second-order valence-electron chi connectivity index (χ2n) is 6.44. The molecule has 0 bridgehead atoms. The number of hydrogen-bond acceptors (Lipinski definition) is 7. The van der Waals surface area contributed by atoms with E-state index in [1.807, 2.05) is 0 Å². The fourth-order valence-corrected chi connectivity index (χ4v) is 3.55. The fraction of sp³-hybridized carbons (Fsp3) is 0.714. The molecule has 8 nitrogen and oxygen atoms in total. The molecule has 1 aromatic rings. The number of anilines is 2. The van der Waals surface area contributed by atoms with Crippen molar-refractivity contribution in [3.8, 4) is 0 Å². The monoisotopic (exact) mass is 397 g/mol. The van der Waals surface area contributed by atoms with E-state index in [4.69, 9.17) is 4.74 Å². The highest BCUT2D eigenvalue weighted by atomic mass is 32.2. The molecule has 12 heteroatoms. The van der Waals surface area contributed by atoms with Crippen LogP contribution < -0.4 is 10.2 Å². The van der Waals surface area contributed by atoms with E-state index >= 15 is 0 Å². The van der Waals surface area contributed by atoms with Gasteiger partial charge in [-0.25, -0.2) is 17.7 Å². The van der Waals surface area contributed by atoms with E-state index < -0.39 is 33.9 Å². The molecule has 1 fully saturated rings. The lowest BCUT2D eigenvalue weighted by Gasteiger charge is -2.22. The molecule has 1 aliphatic heterocycles. The molecule has 0 amide bonds. The molecule has 1 aliphatic rings. The number of halogens is 3. The third kappa shape index (κ3) is 4.95. The number of hydrogen-bond donors (Lipinski definition) is 1. The van der Waals surface area contributed by atoms with Gasteiger partial charge in [0.1, 0.15) is 5.82 Å². The van der Waals surface area contributed by atoms with Crippen LogP contribution in [0.5, 0.6) is 0 Å². The van der Waals surface area contributed by atoms with Crippen LogP contribution in [0.15, 0.2) is 6.07 Å². The summed E-state index contributed by atoms with van der Waals surface area (Å²) in [6.07, 6.45) is -4.62. The molecule has 2 atom stereocenters. The number of rotatable bonds is 6. The largest absolute Gasteiger partial charge is 0.433 e. The summed E-state index contributed by atoms with van der Waals surface area (Å²) in [4.78, 5) is 8.92. The Hall–Kier alpha value is -1.66. The molecule has 1 N–H and O–H groups in total. The smallest absolute Gasteiger partial charge is 0.379 e. The molecule has 2 rings (SSSR count). The highest BCUT2D eigenvalue weighted by molar-refractivity contribution is 7.89. The van der Waals surface area contributed by atoms with E-state index in [0.717, 1.165) is 10.4 Å². The second-order valence-corrected chi connectivity index (χ2v) is 8.67. The van der Waals surface area contributed by atoms with Crippen molar-refractivity contribution in [2.75, 3.05) is 57.4 Å². The second kappa shape index (κ2) is 7.53. The predicted octanol–water partition coefficient (Wildman–Crippen LogP) is 0.880. The molecule has 1 aromatic heterocycles. The zero-order valence-corrected chi connectivity index (χ0v) is 15.7. The minimum absolute atomic E-state index is 0.0289. The van der Waals surface area contributed by atoms with Gasteiger partial charge >= 0.3 is 6.18 Å². The Bertz CT molecular complexity index is 740. The van der Waals surface area contributed by atoms with Crippen molar-refractivity contribution in [1.29, 1.82) is 0 Å². The van der Waals surface area contributed by atoms with Crippen molar-refractivity contribution < 1.29 is 26.3 Å². The highest BCUT2D eigenvalue weighted by Crippen LogP contribution is 2.31. The number of nitrogens with one attached hydrogen (secondary N) is 1. The Morgan fingerprint density at radius 1 is 1.23 bits per heavy atom. The van der Waals surface area contributed by atoms with Crippen LogP contribution in [0.25, 0.3) is 0 Å². The maximum absolute atomic E-state index is 13.1. The lowest BCUT2D eigenvalue weighted by molar-refractivity contribution is -0.141. The summed E-state index contributed by atoms with van der Waals surface area (Å²) < 4.78 is 69.8. The van der Waals surface area contributed by atoms with Gasteiger partial charge in [0.25, 0.3) is 0 Å². The molecule has 148 valence electrons. The highest BCUT2D eigenvalue weighted by Gasteiger charge is 2.36. The summed E-state index contributed by atoms with van der Waals surface area (Å²) in [6.45, 7) is 0.374. The van der Waals surface area contributed by atoms with Gasteiger partial charge in [-0.15, -0.1) is 0 Å². The first-order valence-electron chi connectivity index (χ1n) is 7.78.